The summed E-state index contributed by atoms with van der Waals surface area (Å²) in [5.74, 6) is 0. The predicted molar refractivity (Wildman–Crippen MR) is 100 cm³/mol. The number of hydrogen-bond acceptors (Lipinski definition) is 6. The molecule has 1 aromatic heterocycles. The Bertz CT molecular complexity index is 680. The lowest BCUT2D eigenvalue weighted by Gasteiger charge is -2.23. The summed E-state index contributed by atoms with van der Waals surface area (Å²) < 4.78 is 0.887. The zero-order chi connectivity index (χ0) is 16.2. The van der Waals surface area contributed by atoms with Gasteiger partial charge >= 0.3 is 0 Å². The van der Waals surface area contributed by atoms with Gasteiger partial charge in [0.1, 0.15) is 5.69 Å². The highest BCUT2D eigenvalue weighted by Gasteiger charge is 2.22. The van der Waals surface area contributed by atoms with E-state index in [-0.39, 0.29) is 10.6 Å². The van der Waals surface area contributed by atoms with Crippen molar-refractivity contribution in [1.82, 2.24) is 9.88 Å². The maximum Gasteiger partial charge on any atom is 0.293 e. The Morgan fingerprint density at radius 2 is 2.17 bits per heavy atom. The van der Waals surface area contributed by atoms with Crippen LogP contribution in [0.2, 0.25) is 0 Å². The topological polar surface area (TPSA) is 62.5 Å². The number of rotatable bonds is 4. The van der Waals surface area contributed by atoms with Crippen LogP contribution >= 0.6 is 33.9 Å². The summed E-state index contributed by atoms with van der Waals surface area (Å²) in [6, 6.07) is 5.45. The third kappa shape index (κ3) is 4.18. The molecule has 1 aromatic carbocycles. The minimum Gasteiger partial charge on any atom is -0.365 e. The number of halogens is 1. The molecule has 3 rings (SSSR count). The standard InChI is InChI=1S/C15H17IN4O2S/c16-12-2-3-14(15(8-12)20(21)22)19-5-1-4-18(6-7-19)9-13-10-23-11-17-13/h2-3,8,10-11H,1,4-7,9H2. The molecule has 2 aromatic rings. The smallest absolute Gasteiger partial charge is 0.293 e. The van der Waals surface area contributed by atoms with Crippen molar-refractivity contribution in [2.75, 3.05) is 31.1 Å². The van der Waals surface area contributed by atoms with Gasteiger partial charge in [0.2, 0.25) is 0 Å². The molecule has 122 valence electrons. The van der Waals surface area contributed by atoms with Crippen LogP contribution in [0.5, 0.6) is 0 Å². The first-order chi connectivity index (χ1) is 11.1. The second-order valence-corrected chi connectivity index (χ2v) is 7.45. The summed E-state index contributed by atoms with van der Waals surface area (Å²) in [5.41, 5.74) is 3.88. The van der Waals surface area contributed by atoms with Crippen molar-refractivity contribution in [1.29, 1.82) is 0 Å². The van der Waals surface area contributed by atoms with Crippen LogP contribution in [-0.4, -0.2) is 41.0 Å². The molecule has 6 nitrogen and oxygen atoms in total. The van der Waals surface area contributed by atoms with E-state index in [9.17, 15) is 10.1 Å². The number of nitro benzene ring substituents is 1. The van der Waals surface area contributed by atoms with Gasteiger partial charge in [-0.05, 0) is 41.1 Å². The SMILES string of the molecule is O=[N+]([O-])c1cc(I)ccc1N1CCCN(Cc2cscn2)CC1. The minimum atomic E-state index is -0.282. The summed E-state index contributed by atoms with van der Waals surface area (Å²) >= 11 is 3.73. The number of nitrogens with zero attached hydrogens (tertiary/aromatic N) is 4. The fraction of sp³-hybridized carbons (Fsp3) is 0.400. The van der Waals surface area contributed by atoms with Gasteiger partial charge < -0.3 is 4.90 Å². The molecular formula is C15H17IN4O2S. The van der Waals surface area contributed by atoms with E-state index >= 15 is 0 Å². The van der Waals surface area contributed by atoms with E-state index in [2.05, 4.69) is 42.8 Å². The highest BCUT2D eigenvalue weighted by Crippen LogP contribution is 2.30. The van der Waals surface area contributed by atoms with Gasteiger partial charge in [-0.1, -0.05) is 0 Å². The van der Waals surface area contributed by atoms with Crippen LogP contribution in [0.4, 0.5) is 11.4 Å². The average Bonchev–Trinajstić information content (AvgIpc) is 2.92. The van der Waals surface area contributed by atoms with Crippen molar-refractivity contribution in [3.63, 3.8) is 0 Å². The molecule has 1 aliphatic rings. The van der Waals surface area contributed by atoms with Crippen LogP contribution in [0.25, 0.3) is 0 Å². The molecule has 0 bridgehead atoms. The largest absolute Gasteiger partial charge is 0.365 e. The quantitative estimate of drug-likeness (QED) is 0.411. The highest BCUT2D eigenvalue weighted by atomic mass is 127. The molecule has 0 atom stereocenters. The van der Waals surface area contributed by atoms with Crippen LogP contribution in [0, 0.1) is 13.7 Å². The second kappa shape index (κ2) is 7.54. The van der Waals surface area contributed by atoms with E-state index in [4.69, 9.17) is 0 Å². The van der Waals surface area contributed by atoms with E-state index in [0.29, 0.717) is 0 Å². The summed E-state index contributed by atoms with van der Waals surface area (Å²) in [6.07, 6.45) is 0.993. The molecule has 2 heterocycles. The number of hydrogen-bond donors (Lipinski definition) is 0. The van der Waals surface area contributed by atoms with Gasteiger partial charge in [0.15, 0.2) is 0 Å². The summed E-state index contributed by atoms with van der Waals surface area (Å²) in [7, 11) is 0. The van der Waals surface area contributed by atoms with E-state index in [1.165, 1.54) is 0 Å². The molecular weight excluding hydrogens is 427 g/mol. The van der Waals surface area contributed by atoms with Gasteiger partial charge in [0.05, 0.1) is 16.1 Å². The fourth-order valence-electron chi connectivity index (χ4n) is 2.82. The van der Waals surface area contributed by atoms with Crippen LogP contribution < -0.4 is 4.90 Å². The summed E-state index contributed by atoms with van der Waals surface area (Å²) in [6.45, 7) is 4.37. The highest BCUT2D eigenvalue weighted by molar-refractivity contribution is 14.1. The zero-order valence-corrected chi connectivity index (χ0v) is 15.5. The Labute approximate surface area is 152 Å². The van der Waals surface area contributed by atoms with Crippen molar-refractivity contribution in [2.45, 2.75) is 13.0 Å². The lowest BCUT2D eigenvalue weighted by Crippen LogP contribution is -2.30. The molecule has 0 unspecified atom stereocenters. The van der Waals surface area contributed by atoms with Gasteiger partial charge in [0.25, 0.3) is 5.69 Å². The molecule has 1 fully saturated rings. The summed E-state index contributed by atoms with van der Waals surface area (Å²) in [5, 5.41) is 13.4. The van der Waals surface area contributed by atoms with Gasteiger partial charge in [0, 0.05) is 47.7 Å². The number of benzene rings is 1. The second-order valence-electron chi connectivity index (χ2n) is 5.49. The lowest BCUT2D eigenvalue weighted by atomic mass is 10.2. The molecule has 0 amide bonds. The Hall–Kier alpha value is -1.26. The molecule has 1 saturated heterocycles. The van der Waals surface area contributed by atoms with E-state index < -0.39 is 0 Å². The van der Waals surface area contributed by atoms with Crippen LogP contribution in [0.15, 0.2) is 29.1 Å². The lowest BCUT2D eigenvalue weighted by molar-refractivity contribution is -0.384. The molecule has 1 aliphatic heterocycles. The number of anilines is 1. The Balaban J connectivity index is 1.72. The van der Waals surface area contributed by atoms with Gasteiger partial charge in [-0.2, -0.15) is 0 Å². The van der Waals surface area contributed by atoms with Crippen LogP contribution in [0.1, 0.15) is 12.1 Å². The minimum absolute atomic E-state index is 0.199. The Morgan fingerprint density at radius 3 is 2.91 bits per heavy atom. The first-order valence-corrected chi connectivity index (χ1v) is 9.44. The van der Waals surface area contributed by atoms with Crippen molar-refractivity contribution < 1.29 is 4.92 Å². The number of nitro groups is 1. The molecule has 0 saturated carbocycles. The maximum atomic E-state index is 11.3. The number of aromatic nitrogens is 1. The predicted octanol–water partition coefficient (Wildman–Crippen LogP) is 3.37. The number of thiazole rings is 1. The molecule has 8 heteroatoms. The third-order valence-electron chi connectivity index (χ3n) is 3.93. The molecule has 23 heavy (non-hydrogen) atoms. The Morgan fingerprint density at radius 1 is 1.30 bits per heavy atom. The van der Waals surface area contributed by atoms with Gasteiger partial charge in [-0.25, -0.2) is 4.98 Å². The first-order valence-electron chi connectivity index (χ1n) is 7.42. The fourth-order valence-corrected chi connectivity index (χ4v) is 3.85. The van der Waals surface area contributed by atoms with E-state index in [1.807, 2.05) is 17.6 Å². The van der Waals surface area contributed by atoms with E-state index in [0.717, 1.165) is 54.1 Å². The monoisotopic (exact) mass is 444 g/mol. The van der Waals surface area contributed by atoms with Crippen molar-refractivity contribution >= 4 is 45.3 Å². The van der Waals surface area contributed by atoms with Crippen molar-refractivity contribution in [3.8, 4) is 0 Å². The Kier molecular flexibility index (Phi) is 5.44. The summed E-state index contributed by atoms with van der Waals surface area (Å²) in [4.78, 5) is 19.9. The normalized spacial score (nSPS) is 16.3. The molecule has 0 radical (unpaired) electrons. The van der Waals surface area contributed by atoms with Gasteiger partial charge in [-0.15, -0.1) is 11.3 Å². The zero-order valence-electron chi connectivity index (χ0n) is 12.5. The first kappa shape index (κ1) is 16.6. The average molecular weight is 444 g/mol. The molecule has 0 spiro atoms. The van der Waals surface area contributed by atoms with E-state index in [1.54, 1.807) is 17.4 Å². The van der Waals surface area contributed by atoms with Gasteiger partial charge in [-0.3, -0.25) is 15.0 Å². The van der Waals surface area contributed by atoms with Crippen LogP contribution in [0.3, 0.4) is 0 Å². The third-order valence-corrected chi connectivity index (χ3v) is 5.24. The van der Waals surface area contributed by atoms with Crippen LogP contribution in [-0.2, 0) is 6.54 Å². The van der Waals surface area contributed by atoms with Crippen molar-refractivity contribution in [2.24, 2.45) is 0 Å². The molecule has 0 N–H and O–H groups in total. The molecule has 0 aliphatic carbocycles. The van der Waals surface area contributed by atoms with Crippen molar-refractivity contribution in [3.05, 3.63) is 48.5 Å². The maximum absolute atomic E-state index is 11.3.